The Labute approximate surface area is 153 Å². The summed E-state index contributed by atoms with van der Waals surface area (Å²) in [5, 5.41) is 15.0. The van der Waals surface area contributed by atoms with Crippen LogP contribution in [0.3, 0.4) is 0 Å². The number of aryl methyl sites for hydroxylation is 1. The number of halogens is 2. The molecule has 0 radical (unpaired) electrons. The molecule has 0 atom stereocenters. The van der Waals surface area contributed by atoms with Gasteiger partial charge in [0.15, 0.2) is 11.5 Å². The number of carbonyl (C=O) groups is 1. The van der Waals surface area contributed by atoms with Crippen molar-refractivity contribution in [3.05, 3.63) is 47.8 Å². The highest BCUT2D eigenvalue weighted by Crippen LogP contribution is 2.18. The minimum absolute atomic E-state index is 0.0426. The van der Waals surface area contributed by atoms with E-state index in [4.69, 9.17) is 0 Å². The maximum absolute atomic E-state index is 13.7. The van der Waals surface area contributed by atoms with E-state index in [0.29, 0.717) is 37.7 Å². The van der Waals surface area contributed by atoms with Crippen LogP contribution in [0.1, 0.15) is 5.82 Å². The lowest BCUT2D eigenvalue weighted by Gasteiger charge is -2.35. The quantitative estimate of drug-likeness (QED) is 0.744. The molecule has 2 aromatic heterocycles. The van der Waals surface area contributed by atoms with E-state index in [0.717, 1.165) is 18.0 Å². The third-order valence-electron chi connectivity index (χ3n) is 4.47. The highest BCUT2D eigenvalue weighted by molar-refractivity contribution is 5.89. The molecule has 4 rings (SSSR count). The lowest BCUT2D eigenvalue weighted by molar-refractivity contribution is 0.208. The fourth-order valence-electron chi connectivity index (χ4n) is 2.98. The van der Waals surface area contributed by atoms with Gasteiger partial charge in [-0.05, 0) is 31.2 Å². The minimum Gasteiger partial charge on any atom is -0.352 e. The van der Waals surface area contributed by atoms with Gasteiger partial charge in [-0.2, -0.15) is 4.52 Å². The number of nitrogens with one attached hydrogen (secondary N) is 1. The molecular formula is C17H17F2N7O. The smallest absolute Gasteiger partial charge is 0.322 e. The number of carbonyl (C=O) groups excluding carboxylic acids is 1. The first-order chi connectivity index (χ1) is 13.0. The molecule has 0 spiro atoms. The van der Waals surface area contributed by atoms with Gasteiger partial charge in [0.1, 0.15) is 17.5 Å². The maximum atomic E-state index is 13.7. The Kier molecular flexibility index (Phi) is 4.30. The Morgan fingerprint density at radius 2 is 1.85 bits per heavy atom. The number of hydrogen-bond donors (Lipinski definition) is 1. The number of hydrogen-bond acceptors (Lipinski definition) is 5. The fraction of sp³-hybridized carbons (Fsp3) is 0.294. The summed E-state index contributed by atoms with van der Waals surface area (Å²) in [6, 6.07) is 6.34. The number of aromatic nitrogens is 4. The third-order valence-corrected chi connectivity index (χ3v) is 4.47. The maximum Gasteiger partial charge on any atom is 0.322 e. The summed E-state index contributed by atoms with van der Waals surface area (Å²) in [5.41, 5.74) is 0.634. The Morgan fingerprint density at radius 3 is 2.59 bits per heavy atom. The number of benzene rings is 1. The Balaban J connectivity index is 1.40. The molecule has 0 saturated carbocycles. The minimum atomic E-state index is -0.802. The first-order valence-corrected chi connectivity index (χ1v) is 8.46. The van der Waals surface area contributed by atoms with E-state index in [1.54, 1.807) is 9.42 Å². The van der Waals surface area contributed by atoms with Gasteiger partial charge < -0.3 is 15.1 Å². The zero-order chi connectivity index (χ0) is 19.0. The second-order valence-electron chi connectivity index (χ2n) is 6.24. The van der Waals surface area contributed by atoms with Gasteiger partial charge in [0.05, 0.1) is 5.69 Å². The van der Waals surface area contributed by atoms with Crippen molar-refractivity contribution in [2.75, 3.05) is 36.4 Å². The van der Waals surface area contributed by atoms with Gasteiger partial charge in [0, 0.05) is 32.2 Å². The predicted octanol–water partition coefficient (Wildman–Crippen LogP) is 2.07. The first-order valence-electron chi connectivity index (χ1n) is 8.46. The molecule has 1 aliphatic heterocycles. The molecule has 1 N–H and O–H groups in total. The molecule has 0 bridgehead atoms. The van der Waals surface area contributed by atoms with Gasteiger partial charge in [0.2, 0.25) is 0 Å². The van der Waals surface area contributed by atoms with Gasteiger partial charge in [-0.15, -0.1) is 15.3 Å². The highest BCUT2D eigenvalue weighted by Gasteiger charge is 2.23. The molecule has 27 heavy (non-hydrogen) atoms. The normalized spacial score (nSPS) is 14.6. The topological polar surface area (TPSA) is 78.7 Å². The number of fused-ring (bicyclic) bond motifs is 1. The van der Waals surface area contributed by atoms with Crippen LogP contribution in [0, 0.1) is 18.6 Å². The second kappa shape index (κ2) is 6.78. The van der Waals surface area contributed by atoms with Crippen LogP contribution in [-0.2, 0) is 0 Å². The van der Waals surface area contributed by atoms with Gasteiger partial charge in [-0.3, -0.25) is 0 Å². The average Bonchev–Trinajstić information content (AvgIpc) is 3.04. The second-order valence-corrected chi connectivity index (χ2v) is 6.24. The molecule has 10 heteroatoms. The number of anilines is 2. The van der Waals surface area contributed by atoms with Crippen molar-refractivity contribution < 1.29 is 13.6 Å². The van der Waals surface area contributed by atoms with E-state index in [9.17, 15) is 13.6 Å². The zero-order valence-corrected chi connectivity index (χ0v) is 14.6. The van der Waals surface area contributed by atoms with Gasteiger partial charge in [-0.25, -0.2) is 13.6 Å². The van der Waals surface area contributed by atoms with Gasteiger partial charge >= 0.3 is 6.03 Å². The predicted molar refractivity (Wildman–Crippen MR) is 94.7 cm³/mol. The Hall–Kier alpha value is -3.30. The van der Waals surface area contributed by atoms with Crippen LogP contribution in [-0.4, -0.2) is 56.9 Å². The molecule has 0 aliphatic carbocycles. The van der Waals surface area contributed by atoms with Crippen molar-refractivity contribution in [3.8, 4) is 0 Å². The number of rotatable bonds is 2. The monoisotopic (exact) mass is 373 g/mol. The van der Waals surface area contributed by atoms with Crippen LogP contribution in [0.5, 0.6) is 0 Å². The average molecular weight is 373 g/mol. The van der Waals surface area contributed by atoms with E-state index in [2.05, 4.69) is 25.5 Å². The fourth-order valence-corrected chi connectivity index (χ4v) is 2.98. The zero-order valence-electron chi connectivity index (χ0n) is 14.6. The molecule has 3 heterocycles. The lowest BCUT2D eigenvalue weighted by Crippen LogP contribution is -2.50. The third kappa shape index (κ3) is 3.37. The number of nitrogens with zero attached hydrogens (tertiary/aromatic N) is 6. The van der Waals surface area contributed by atoms with Crippen molar-refractivity contribution in [2.45, 2.75) is 6.92 Å². The number of amides is 2. The van der Waals surface area contributed by atoms with Crippen molar-refractivity contribution >= 4 is 23.2 Å². The summed E-state index contributed by atoms with van der Waals surface area (Å²) in [6.45, 7) is 3.90. The van der Waals surface area contributed by atoms with Gasteiger partial charge in [-0.1, -0.05) is 0 Å². The summed E-state index contributed by atoms with van der Waals surface area (Å²) < 4.78 is 28.3. The summed E-state index contributed by atoms with van der Waals surface area (Å²) in [7, 11) is 0. The summed E-state index contributed by atoms with van der Waals surface area (Å²) >= 11 is 0. The van der Waals surface area contributed by atoms with Crippen molar-refractivity contribution in [3.63, 3.8) is 0 Å². The molecule has 1 aliphatic rings. The lowest BCUT2D eigenvalue weighted by atomic mass is 10.3. The van der Waals surface area contributed by atoms with Crippen molar-refractivity contribution in [1.82, 2.24) is 24.7 Å². The summed E-state index contributed by atoms with van der Waals surface area (Å²) in [6.07, 6.45) is 0. The standard InChI is InChI=1S/C17H17F2N7O/c1-11-21-22-15-4-5-16(23-26(11)15)24-6-8-25(9-7-24)17(27)20-14-3-2-12(18)10-13(14)19/h2-5,10H,6-9H2,1H3,(H,20,27). The summed E-state index contributed by atoms with van der Waals surface area (Å²) in [5.74, 6) is -0.0167. The highest BCUT2D eigenvalue weighted by atomic mass is 19.1. The Bertz CT molecular complexity index is 998. The van der Waals surface area contributed by atoms with Crippen LogP contribution in [0.25, 0.3) is 5.65 Å². The SMILES string of the molecule is Cc1nnc2ccc(N3CCN(C(=O)Nc4ccc(F)cc4F)CC3)nn12. The van der Waals surface area contributed by atoms with Crippen molar-refractivity contribution in [1.29, 1.82) is 0 Å². The van der Waals surface area contributed by atoms with Crippen LogP contribution >= 0.6 is 0 Å². The van der Waals surface area contributed by atoms with E-state index < -0.39 is 17.7 Å². The molecule has 140 valence electrons. The molecule has 3 aromatic rings. The van der Waals surface area contributed by atoms with E-state index in [-0.39, 0.29) is 5.69 Å². The summed E-state index contributed by atoms with van der Waals surface area (Å²) in [4.78, 5) is 16.0. The van der Waals surface area contributed by atoms with Gasteiger partial charge in [0.25, 0.3) is 0 Å². The number of urea groups is 1. The van der Waals surface area contributed by atoms with Crippen LogP contribution < -0.4 is 10.2 Å². The largest absolute Gasteiger partial charge is 0.352 e. The molecule has 1 fully saturated rings. The Morgan fingerprint density at radius 1 is 1.07 bits per heavy atom. The van der Waals surface area contributed by atoms with Crippen LogP contribution in [0.15, 0.2) is 30.3 Å². The van der Waals surface area contributed by atoms with E-state index in [1.165, 1.54) is 6.07 Å². The molecular weight excluding hydrogens is 356 g/mol. The molecule has 8 nitrogen and oxygen atoms in total. The van der Waals surface area contributed by atoms with Crippen LogP contribution in [0.4, 0.5) is 25.1 Å². The van der Waals surface area contributed by atoms with E-state index in [1.807, 2.05) is 19.1 Å². The van der Waals surface area contributed by atoms with E-state index >= 15 is 0 Å². The molecule has 1 saturated heterocycles. The first kappa shape index (κ1) is 17.1. The van der Waals surface area contributed by atoms with Crippen molar-refractivity contribution in [2.24, 2.45) is 0 Å². The molecule has 0 unspecified atom stereocenters. The molecule has 1 aromatic carbocycles. The number of piperazine rings is 1. The molecule has 2 amide bonds. The van der Waals surface area contributed by atoms with Crippen LogP contribution in [0.2, 0.25) is 0 Å².